The molecular weight excluding hydrogens is 372 g/mol. The number of nitrogens with one attached hydrogen (secondary N) is 1. The third-order valence-electron chi connectivity index (χ3n) is 5.90. The molecule has 3 heterocycles. The summed E-state index contributed by atoms with van der Waals surface area (Å²) in [5.41, 5.74) is -0.634. The third kappa shape index (κ3) is 2.37. The van der Waals surface area contributed by atoms with Gasteiger partial charge in [-0.2, -0.15) is 0 Å². The third-order valence-corrected chi connectivity index (χ3v) is 6.13. The number of halogens is 1. The molecule has 2 saturated heterocycles. The molecule has 3 aliphatic heterocycles. The molecule has 0 saturated carbocycles. The second-order valence-corrected chi connectivity index (χ2v) is 7.82. The molecule has 2 fully saturated rings. The highest BCUT2D eigenvalue weighted by atomic mass is 35.5. The van der Waals surface area contributed by atoms with Crippen LogP contribution in [0.2, 0.25) is 5.02 Å². The zero-order chi connectivity index (χ0) is 19.5. The van der Waals surface area contributed by atoms with Gasteiger partial charge in [0.25, 0.3) is 0 Å². The topological polar surface area (TPSA) is 84.9 Å². The number of amides is 2. The fourth-order valence-corrected chi connectivity index (χ4v) is 4.90. The standard InChI is InChI=1S/C19H21ClN2O5/c1-4-26-17(24)14-12-8-27-13-6-5-10(20)7-11(13)15(12)22-16(23)9(2)21-18(25)19(14,22)3/h5-7,9,12,14-15H,4,8H2,1-3H3,(H,21,25)/t9-,12+,14+,15-,19+/m0/s1. The van der Waals surface area contributed by atoms with Gasteiger partial charge in [-0.05, 0) is 39.0 Å². The lowest BCUT2D eigenvalue weighted by atomic mass is 9.77. The van der Waals surface area contributed by atoms with Gasteiger partial charge in [-0.1, -0.05) is 11.6 Å². The molecule has 1 N–H and O–H groups in total. The van der Waals surface area contributed by atoms with Crippen LogP contribution in [-0.4, -0.2) is 47.5 Å². The summed E-state index contributed by atoms with van der Waals surface area (Å²) in [4.78, 5) is 40.5. The molecule has 3 aliphatic rings. The molecule has 2 amide bonds. The van der Waals surface area contributed by atoms with Crippen molar-refractivity contribution < 1.29 is 23.9 Å². The Bertz CT molecular complexity index is 843. The van der Waals surface area contributed by atoms with Crippen LogP contribution in [0.5, 0.6) is 5.75 Å². The normalized spacial score (nSPS) is 34.1. The van der Waals surface area contributed by atoms with Crippen molar-refractivity contribution in [3.63, 3.8) is 0 Å². The summed E-state index contributed by atoms with van der Waals surface area (Å²) >= 11 is 6.19. The fourth-order valence-electron chi connectivity index (χ4n) is 4.72. The van der Waals surface area contributed by atoms with E-state index in [0.29, 0.717) is 16.3 Å². The van der Waals surface area contributed by atoms with Crippen molar-refractivity contribution in [2.45, 2.75) is 38.4 Å². The minimum Gasteiger partial charge on any atom is -0.493 e. The van der Waals surface area contributed by atoms with Gasteiger partial charge in [0.1, 0.15) is 17.3 Å². The van der Waals surface area contributed by atoms with Crippen molar-refractivity contribution in [2.75, 3.05) is 13.2 Å². The molecule has 8 heteroatoms. The number of fused-ring (bicyclic) bond motifs is 5. The Morgan fingerprint density at radius 1 is 1.44 bits per heavy atom. The van der Waals surface area contributed by atoms with Crippen LogP contribution in [0.1, 0.15) is 32.4 Å². The molecule has 0 aliphatic carbocycles. The molecule has 0 aromatic heterocycles. The smallest absolute Gasteiger partial charge is 0.312 e. The molecule has 1 aromatic carbocycles. The average Bonchev–Trinajstić information content (AvgIpc) is 2.90. The van der Waals surface area contributed by atoms with E-state index < -0.39 is 35.4 Å². The number of carbonyl (C=O) groups is 3. The van der Waals surface area contributed by atoms with Crippen LogP contribution in [0.3, 0.4) is 0 Å². The zero-order valence-corrected chi connectivity index (χ0v) is 16.1. The summed E-state index contributed by atoms with van der Waals surface area (Å²) < 4.78 is 11.1. The van der Waals surface area contributed by atoms with Crippen molar-refractivity contribution in [3.05, 3.63) is 28.8 Å². The monoisotopic (exact) mass is 392 g/mol. The van der Waals surface area contributed by atoms with Gasteiger partial charge in [0.2, 0.25) is 11.8 Å². The van der Waals surface area contributed by atoms with E-state index >= 15 is 0 Å². The van der Waals surface area contributed by atoms with Gasteiger partial charge >= 0.3 is 5.97 Å². The highest BCUT2D eigenvalue weighted by molar-refractivity contribution is 6.30. The van der Waals surface area contributed by atoms with Crippen LogP contribution < -0.4 is 10.1 Å². The van der Waals surface area contributed by atoms with E-state index in [-0.39, 0.29) is 25.0 Å². The Morgan fingerprint density at radius 3 is 2.89 bits per heavy atom. The number of piperazine rings is 1. The maximum Gasteiger partial charge on any atom is 0.312 e. The lowest BCUT2D eigenvalue weighted by molar-refractivity contribution is -0.164. The van der Waals surface area contributed by atoms with E-state index in [1.165, 1.54) is 0 Å². The Kier molecular flexibility index (Phi) is 4.10. The molecule has 4 rings (SSSR count). The van der Waals surface area contributed by atoms with Gasteiger partial charge in [0.15, 0.2) is 0 Å². The summed E-state index contributed by atoms with van der Waals surface area (Å²) in [6.45, 7) is 5.40. The maximum atomic E-state index is 13.1. The first-order valence-electron chi connectivity index (χ1n) is 9.03. The number of hydrogen-bond acceptors (Lipinski definition) is 5. The summed E-state index contributed by atoms with van der Waals surface area (Å²) in [7, 11) is 0. The minimum atomic E-state index is -1.35. The Labute approximate surface area is 161 Å². The van der Waals surface area contributed by atoms with Crippen molar-refractivity contribution in [1.29, 1.82) is 0 Å². The van der Waals surface area contributed by atoms with Gasteiger partial charge in [0.05, 0.1) is 25.2 Å². The highest BCUT2D eigenvalue weighted by Gasteiger charge is 2.68. The Morgan fingerprint density at radius 2 is 2.19 bits per heavy atom. The predicted octanol–water partition coefficient (Wildman–Crippen LogP) is 1.69. The van der Waals surface area contributed by atoms with Crippen LogP contribution in [0.25, 0.3) is 0 Å². The predicted molar refractivity (Wildman–Crippen MR) is 96.2 cm³/mol. The lowest BCUT2D eigenvalue weighted by Gasteiger charge is -2.45. The molecular formula is C19H21ClN2O5. The molecule has 1 aromatic rings. The first-order valence-corrected chi connectivity index (χ1v) is 9.41. The molecule has 0 radical (unpaired) electrons. The zero-order valence-electron chi connectivity index (χ0n) is 15.3. The second kappa shape index (κ2) is 6.12. The second-order valence-electron chi connectivity index (χ2n) is 7.38. The number of esters is 1. The van der Waals surface area contributed by atoms with Gasteiger partial charge in [-0.25, -0.2) is 0 Å². The first kappa shape index (κ1) is 18.1. The summed E-state index contributed by atoms with van der Waals surface area (Å²) in [5, 5.41) is 3.21. The molecule has 7 nitrogen and oxygen atoms in total. The molecule has 144 valence electrons. The molecule has 0 spiro atoms. The van der Waals surface area contributed by atoms with E-state index in [1.807, 2.05) is 0 Å². The van der Waals surface area contributed by atoms with Gasteiger partial charge in [-0.3, -0.25) is 14.4 Å². The van der Waals surface area contributed by atoms with Crippen molar-refractivity contribution >= 4 is 29.4 Å². The highest BCUT2D eigenvalue weighted by Crippen LogP contribution is 2.56. The first-order chi connectivity index (χ1) is 12.8. The Balaban J connectivity index is 1.92. The number of benzene rings is 1. The average molecular weight is 393 g/mol. The van der Waals surface area contributed by atoms with Crippen LogP contribution in [0, 0.1) is 11.8 Å². The Hall–Kier alpha value is -2.28. The fraction of sp³-hybridized carbons (Fsp3) is 0.526. The minimum absolute atomic E-state index is 0.193. The molecule has 0 unspecified atom stereocenters. The molecule has 27 heavy (non-hydrogen) atoms. The van der Waals surface area contributed by atoms with Crippen molar-refractivity contribution in [1.82, 2.24) is 10.2 Å². The van der Waals surface area contributed by atoms with E-state index in [2.05, 4.69) is 5.32 Å². The van der Waals surface area contributed by atoms with Crippen molar-refractivity contribution in [2.24, 2.45) is 11.8 Å². The molecule has 0 bridgehead atoms. The van der Waals surface area contributed by atoms with Gasteiger partial charge in [0, 0.05) is 16.5 Å². The number of nitrogens with zero attached hydrogens (tertiary/aromatic N) is 1. The van der Waals surface area contributed by atoms with Crippen LogP contribution >= 0.6 is 11.6 Å². The van der Waals surface area contributed by atoms with Crippen LogP contribution in [-0.2, 0) is 19.1 Å². The van der Waals surface area contributed by atoms with Gasteiger partial charge < -0.3 is 19.7 Å². The van der Waals surface area contributed by atoms with E-state index in [0.717, 1.165) is 0 Å². The number of rotatable bonds is 2. The van der Waals surface area contributed by atoms with E-state index in [1.54, 1.807) is 43.9 Å². The van der Waals surface area contributed by atoms with E-state index in [9.17, 15) is 14.4 Å². The number of carbonyl (C=O) groups excluding carboxylic acids is 3. The summed E-state index contributed by atoms with van der Waals surface area (Å²) in [5.74, 6) is -1.70. The van der Waals surface area contributed by atoms with Crippen LogP contribution in [0.4, 0.5) is 0 Å². The quantitative estimate of drug-likeness (QED) is 0.774. The van der Waals surface area contributed by atoms with E-state index in [4.69, 9.17) is 21.1 Å². The largest absolute Gasteiger partial charge is 0.493 e. The number of hydrogen-bond donors (Lipinski definition) is 1. The lowest BCUT2D eigenvalue weighted by Crippen LogP contribution is -2.69. The van der Waals surface area contributed by atoms with Crippen molar-refractivity contribution in [3.8, 4) is 5.75 Å². The van der Waals surface area contributed by atoms with Gasteiger partial charge in [-0.15, -0.1) is 0 Å². The number of ether oxygens (including phenoxy) is 2. The van der Waals surface area contributed by atoms with Crippen LogP contribution in [0.15, 0.2) is 18.2 Å². The SMILES string of the molecule is CCOC(=O)[C@H]1[C@H]2COc3ccc(Cl)cc3[C@@H]2N2C(=O)[C@H](C)NC(=O)[C@@]12C. The summed E-state index contributed by atoms with van der Waals surface area (Å²) in [6.07, 6.45) is 0. The summed E-state index contributed by atoms with van der Waals surface area (Å²) in [6, 6.07) is 4.06. The maximum absolute atomic E-state index is 13.1. The molecule has 5 atom stereocenters.